The lowest BCUT2D eigenvalue weighted by Crippen LogP contribution is -2.16. The number of fused-ring (bicyclic) bond motifs is 1. The lowest BCUT2D eigenvalue weighted by Gasteiger charge is -2.12. The highest BCUT2D eigenvalue weighted by Crippen LogP contribution is 2.38. The number of rotatable bonds is 6. The minimum Gasteiger partial charge on any atom is -0.490 e. The van der Waals surface area contributed by atoms with Gasteiger partial charge in [-0.15, -0.1) is 0 Å². The van der Waals surface area contributed by atoms with Gasteiger partial charge in [0.1, 0.15) is 10.7 Å². The van der Waals surface area contributed by atoms with Crippen LogP contribution in [0.4, 0.5) is 0 Å². The van der Waals surface area contributed by atoms with Gasteiger partial charge in [-0.2, -0.15) is 0 Å². The van der Waals surface area contributed by atoms with Crippen molar-refractivity contribution < 1.29 is 4.74 Å². The largest absolute Gasteiger partial charge is 0.490 e. The van der Waals surface area contributed by atoms with Crippen LogP contribution in [-0.2, 0) is 0 Å². The molecule has 0 aliphatic rings. The quantitative estimate of drug-likeness (QED) is 0.537. The van der Waals surface area contributed by atoms with Crippen molar-refractivity contribution in [2.75, 3.05) is 19.7 Å². The second kappa shape index (κ2) is 7.59. The van der Waals surface area contributed by atoms with Crippen molar-refractivity contribution in [1.29, 1.82) is 0 Å². The Bertz CT molecular complexity index is 607. The van der Waals surface area contributed by atoms with Gasteiger partial charge in [0.25, 0.3) is 0 Å². The van der Waals surface area contributed by atoms with Gasteiger partial charge in [0.2, 0.25) is 0 Å². The van der Waals surface area contributed by atoms with Crippen LogP contribution >= 0.6 is 43.5 Å². The predicted octanol–water partition coefficient (Wildman–Crippen LogP) is 4.79. The van der Waals surface area contributed by atoms with Crippen LogP contribution in [0.2, 0.25) is 5.15 Å². The fraction of sp³-hybridized carbons (Fsp3) is 0.357. The van der Waals surface area contributed by atoms with E-state index in [1.807, 2.05) is 12.1 Å². The predicted molar refractivity (Wildman–Crippen MR) is 90.8 cm³/mol. The molecule has 108 valence electrons. The number of ether oxygens (including phenoxy) is 1. The monoisotopic (exact) mass is 420 g/mol. The van der Waals surface area contributed by atoms with Crippen molar-refractivity contribution in [1.82, 2.24) is 10.3 Å². The zero-order chi connectivity index (χ0) is 14.5. The van der Waals surface area contributed by atoms with Crippen molar-refractivity contribution in [2.24, 2.45) is 0 Å². The van der Waals surface area contributed by atoms with Crippen molar-refractivity contribution in [3.05, 3.63) is 32.3 Å². The van der Waals surface area contributed by atoms with Gasteiger partial charge < -0.3 is 10.1 Å². The van der Waals surface area contributed by atoms with Crippen LogP contribution in [-0.4, -0.2) is 24.7 Å². The summed E-state index contributed by atoms with van der Waals surface area (Å²) in [6.45, 7) is 4.64. The number of hydrogen-bond donors (Lipinski definition) is 1. The van der Waals surface area contributed by atoms with E-state index in [2.05, 4.69) is 49.1 Å². The van der Waals surface area contributed by atoms with E-state index >= 15 is 0 Å². The van der Waals surface area contributed by atoms with Crippen LogP contribution in [0.3, 0.4) is 0 Å². The molecule has 1 heterocycles. The highest BCUT2D eigenvalue weighted by atomic mass is 79.9. The first-order valence-corrected chi connectivity index (χ1v) is 8.37. The summed E-state index contributed by atoms with van der Waals surface area (Å²) in [7, 11) is 0. The molecule has 6 heteroatoms. The van der Waals surface area contributed by atoms with Crippen LogP contribution in [0, 0.1) is 0 Å². The third kappa shape index (κ3) is 3.85. The topological polar surface area (TPSA) is 34.1 Å². The van der Waals surface area contributed by atoms with Gasteiger partial charge >= 0.3 is 0 Å². The van der Waals surface area contributed by atoms with E-state index in [0.717, 1.165) is 45.1 Å². The van der Waals surface area contributed by atoms with Crippen LogP contribution in [0.5, 0.6) is 5.75 Å². The Hall–Kier alpha value is -0.360. The maximum atomic E-state index is 5.99. The molecule has 0 aliphatic heterocycles. The number of hydrogen-bond acceptors (Lipinski definition) is 3. The average molecular weight is 423 g/mol. The summed E-state index contributed by atoms with van der Waals surface area (Å²) < 4.78 is 7.71. The van der Waals surface area contributed by atoms with Gasteiger partial charge in [0.05, 0.1) is 11.1 Å². The number of benzene rings is 1. The molecule has 0 radical (unpaired) electrons. The molecular weight excluding hydrogens is 407 g/mol. The lowest BCUT2D eigenvalue weighted by molar-refractivity contribution is 0.310. The van der Waals surface area contributed by atoms with E-state index < -0.39 is 0 Å². The molecule has 20 heavy (non-hydrogen) atoms. The normalized spacial score (nSPS) is 11.0. The zero-order valence-electron chi connectivity index (χ0n) is 11.0. The lowest BCUT2D eigenvalue weighted by atomic mass is 10.2. The molecule has 2 rings (SSSR count). The maximum Gasteiger partial charge on any atom is 0.159 e. The molecule has 0 aliphatic carbocycles. The Morgan fingerprint density at radius 3 is 2.85 bits per heavy atom. The van der Waals surface area contributed by atoms with Gasteiger partial charge in [-0.1, -0.05) is 34.5 Å². The van der Waals surface area contributed by atoms with Gasteiger partial charge in [-0.25, -0.2) is 4.98 Å². The highest BCUT2D eigenvalue weighted by molar-refractivity contribution is 9.11. The standard InChI is InChI=1S/C14H15Br2ClN2O/c1-2-18-6-3-7-20-14-11(16)8-10(15)9-4-5-12(17)19-13(9)14/h4-5,8,18H,2-3,6-7H2,1H3. The van der Waals surface area contributed by atoms with E-state index in [-0.39, 0.29) is 0 Å². The number of halogens is 3. The third-order valence-electron chi connectivity index (χ3n) is 2.80. The summed E-state index contributed by atoms with van der Waals surface area (Å²) in [6, 6.07) is 5.68. The Balaban J connectivity index is 2.25. The molecule has 3 nitrogen and oxygen atoms in total. The minimum atomic E-state index is 0.458. The molecule has 0 amide bonds. The zero-order valence-corrected chi connectivity index (χ0v) is 15.0. The molecule has 0 atom stereocenters. The number of nitrogens with zero attached hydrogens (tertiary/aromatic N) is 1. The molecule has 2 aromatic rings. The SMILES string of the molecule is CCNCCCOc1c(Br)cc(Br)c2ccc(Cl)nc12. The Morgan fingerprint density at radius 1 is 1.30 bits per heavy atom. The first kappa shape index (κ1) is 16.0. The summed E-state index contributed by atoms with van der Waals surface area (Å²) in [5.74, 6) is 0.738. The molecule has 1 aromatic heterocycles. The van der Waals surface area contributed by atoms with Crippen molar-refractivity contribution in [3.8, 4) is 5.75 Å². The van der Waals surface area contributed by atoms with Crippen LogP contribution in [0.25, 0.3) is 10.9 Å². The van der Waals surface area contributed by atoms with Gasteiger partial charge in [-0.3, -0.25) is 0 Å². The number of nitrogens with one attached hydrogen (secondary N) is 1. The molecular formula is C14H15Br2ClN2O. The summed E-state index contributed by atoms with van der Waals surface area (Å²) in [6.07, 6.45) is 0.943. The molecule has 0 spiro atoms. The van der Waals surface area contributed by atoms with Crippen molar-refractivity contribution in [3.63, 3.8) is 0 Å². The van der Waals surface area contributed by atoms with E-state index in [1.54, 1.807) is 6.07 Å². The van der Waals surface area contributed by atoms with Crippen molar-refractivity contribution in [2.45, 2.75) is 13.3 Å². The fourth-order valence-electron chi connectivity index (χ4n) is 1.85. The van der Waals surface area contributed by atoms with E-state index in [4.69, 9.17) is 16.3 Å². The molecule has 0 saturated heterocycles. The molecule has 0 unspecified atom stereocenters. The maximum absolute atomic E-state index is 5.99. The van der Waals surface area contributed by atoms with Gasteiger partial charge in [-0.05, 0) is 53.6 Å². The second-order valence-corrected chi connectivity index (χ2v) is 6.35. The fourth-order valence-corrected chi connectivity index (χ4v) is 3.39. The summed E-state index contributed by atoms with van der Waals surface area (Å²) in [5, 5.41) is 4.71. The summed E-state index contributed by atoms with van der Waals surface area (Å²) >= 11 is 13.0. The summed E-state index contributed by atoms with van der Waals surface area (Å²) in [4.78, 5) is 4.38. The van der Waals surface area contributed by atoms with Crippen molar-refractivity contribution >= 4 is 54.4 Å². The molecule has 1 aromatic carbocycles. The minimum absolute atomic E-state index is 0.458. The van der Waals surface area contributed by atoms with Crippen LogP contribution < -0.4 is 10.1 Å². The van der Waals surface area contributed by atoms with E-state index in [9.17, 15) is 0 Å². The Kier molecular flexibility index (Phi) is 6.08. The molecule has 1 N–H and O–H groups in total. The first-order valence-electron chi connectivity index (χ1n) is 6.41. The second-order valence-electron chi connectivity index (χ2n) is 4.26. The van der Waals surface area contributed by atoms with E-state index in [0.29, 0.717) is 11.8 Å². The average Bonchev–Trinajstić information content (AvgIpc) is 2.41. The van der Waals surface area contributed by atoms with Gasteiger partial charge in [0, 0.05) is 9.86 Å². The Morgan fingerprint density at radius 2 is 2.10 bits per heavy atom. The highest BCUT2D eigenvalue weighted by Gasteiger charge is 2.12. The smallest absolute Gasteiger partial charge is 0.159 e. The Labute approximate surface area is 140 Å². The van der Waals surface area contributed by atoms with Crippen LogP contribution in [0.1, 0.15) is 13.3 Å². The third-order valence-corrected chi connectivity index (χ3v) is 4.25. The number of aromatic nitrogens is 1. The van der Waals surface area contributed by atoms with Gasteiger partial charge in [0.15, 0.2) is 5.75 Å². The number of pyridine rings is 1. The first-order chi connectivity index (χ1) is 9.63. The molecule has 0 fully saturated rings. The molecule has 0 saturated carbocycles. The van der Waals surface area contributed by atoms with Crippen LogP contribution in [0.15, 0.2) is 27.1 Å². The van der Waals surface area contributed by atoms with E-state index in [1.165, 1.54) is 0 Å². The summed E-state index contributed by atoms with van der Waals surface area (Å²) in [5.41, 5.74) is 0.766. The molecule has 0 bridgehead atoms.